The molecule has 1 heterocycles. The zero-order valence-corrected chi connectivity index (χ0v) is 9.62. The quantitative estimate of drug-likeness (QED) is 0.913. The largest absolute Gasteiger partial charge is 0.436 e. The monoisotopic (exact) mass is 252 g/mol. The van der Waals surface area contributed by atoms with E-state index in [1.807, 2.05) is 12.1 Å². The van der Waals surface area contributed by atoms with Crippen LogP contribution >= 0.6 is 11.6 Å². The first-order valence-corrected chi connectivity index (χ1v) is 5.35. The topological polar surface area (TPSA) is 48.1 Å². The molecule has 0 amide bonds. The molecule has 1 aromatic carbocycles. The van der Waals surface area contributed by atoms with Gasteiger partial charge < -0.3 is 10.5 Å². The lowest BCUT2D eigenvalue weighted by molar-refractivity contribution is 0.422. The van der Waals surface area contributed by atoms with Gasteiger partial charge in [0.15, 0.2) is 5.82 Å². The molecule has 0 aliphatic carbocycles. The van der Waals surface area contributed by atoms with Crippen LogP contribution in [0, 0.1) is 5.82 Å². The SMILES string of the molecule is NCc1ccc(Oc2ncc(Cl)cc2F)cc1. The average molecular weight is 253 g/mol. The molecular formula is C12H10ClFN2O. The molecule has 0 aliphatic rings. The van der Waals surface area contributed by atoms with Crippen molar-refractivity contribution in [3.63, 3.8) is 0 Å². The lowest BCUT2D eigenvalue weighted by atomic mass is 10.2. The standard InChI is InChI=1S/C12H10ClFN2O/c13-9-5-11(14)12(16-7-9)17-10-3-1-8(6-15)2-4-10/h1-5,7H,6,15H2. The third-order valence-corrected chi connectivity index (χ3v) is 2.35. The van der Waals surface area contributed by atoms with Crippen LogP contribution in [0.2, 0.25) is 5.02 Å². The molecule has 5 heteroatoms. The van der Waals surface area contributed by atoms with Crippen molar-refractivity contribution in [1.29, 1.82) is 0 Å². The highest BCUT2D eigenvalue weighted by molar-refractivity contribution is 6.30. The van der Waals surface area contributed by atoms with E-state index in [0.717, 1.165) is 11.6 Å². The van der Waals surface area contributed by atoms with E-state index in [0.29, 0.717) is 12.3 Å². The van der Waals surface area contributed by atoms with Crippen LogP contribution in [-0.4, -0.2) is 4.98 Å². The highest BCUT2D eigenvalue weighted by Crippen LogP contribution is 2.24. The van der Waals surface area contributed by atoms with Crippen LogP contribution in [0.5, 0.6) is 11.6 Å². The lowest BCUT2D eigenvalue weighted by Gasteiger charge is -2.06. The van der Waals surface area contributed by atoms with Gasteiger partial charge in [0.05, 0.1) is 5.02 Å². The van der Waals surface area contributed by atoms with E-state index in [2.05, 4.69) is 4.98 Å². The second-order valence-electron chi connectivity index (χ2n) is 3.39. The van der Waals surface area contributed by atoms with E-state index in [9.17, 15) is 4.39 Å². The van der Waals surface area contributed by atoms with E-state index < -0.39 is 5.82 Å². The second kappa shape index (κ2) is 5.12. The summed E-state index contributed by atoms with van der Waals surface area (Å²) in [5.41, 5.74) is 6.44. The molecule has 2 N–H and O–H groups in total. The Morgan fingerprint density at radius 2 is 2.00 bits per heavy atom. The summed E-state index contributed by atoms with van der Waals surface area (Å²) in [4.78, 5) is 3.76. The van der Waals surface area contributed by atoms with Crippen LogP contribution in [0.15, 0.2) is 36.5 Å². The minimum Gasteiger partial charge on any atom is -0.436 e. The summed E-state index contributed by atoms with van der Waals surface area (Å²) >= 11 is 5.59. The number of halogens is 2. The van der Waals surface area contributed by atoms with Crippen LogP contribution in [0.25, 0.3) is 0 Å². The van der Waals surface area contributed by atoms with Crippen molar-refractivity contribution < 1.29 is 9.13 Å². The van der Waals surface area contributed by atoms with Gasteiger partial charge in [-0.25, -0.2) is 9.37 Å². The number of benzene rings is 1. The highest BCUT2D eigenvalue weighted by Gasteiger charge is 2.07. The molecule has 2 rings (SSSR count). The molecule has 0 atom stereocenters. The Labute approximate surface area is 103 Å². The number of nitrogens with zero attached hydrogens (tertiary/aromatic N) is 1. The Balaban J connectivity index is 2.19. The number of rotatable bonds is 3. The molecule has 3 nitrogen and oxygen atoms in total. The Bertz CT molecular complexity index is 516. The lowest BCUT2D eigenvalue weighted by Crippen LogP contribution is -1.96. The fraction of sp³-hybridized carbons (Fsp3) is 0.0833. The van der Waals surface area contributed by atoms with Crippen molar-refractivity contribution in [3.05, 3.63) is 52.9 Å². The average Bonchev–Trinajstić information content (AvgIpc) is 2.34. The van der Waals surface area contributed by atoms with Crippen molar-refractivity contribution in [3.8, 4) is 11.6 Å². The van der Waals surface area contributed by atoms with Gasteiger partial charge in [-0.15, -0.1) is 0 Å². The smallest absolute Gasteiger partial charge is 0.255 e. The van der Waals surface area contributed by atoms with Crippen molar-refractivity contribution in [1.82, 2.24) is 4.98 Å². The summed E-state index contributed by atoms with van der Waals surface area (Å²) in [7, 11) is 0. The van der Waals surface area contributed by atoms with Crippen molar-refractivity contribution in [2.75, 3.05) is 0 Å². The first-order valence-electron chi connectivity index (χ1n) is 4.97. The zero-order chi connectivity index (χ0) is 12.3. The molecule has 88 valence electrons. The van der Waals surface area contributed by atoms with Crippen LogP contribution in [-0.2, 0) is 6.54 Å². The minimum atomic E-state index is -0.597. The normalized spacial score (nSPS) is 10.3. The van der Waals surface area contributed by atoms with Gasteiger partial charge in [0, 0.05) is 12.7 Å². The predicted molar refractivity (Wildman–Crippen MR) is 63.6 cm³/mol. The molecule has 0 unspecified atom stereocenters. The van der Waals surface area contributed by atoms with Gasteiger partial charge in [-0.1, -0.05) is 23.7 Å². The molecule has 0 aliphatic heterocycles. The van der Waals surface area contributed by atoms with E-state index in [1.165, 1.54) is 6.20 Å². The number of aromatic nitrogens is 1. The van der Waals surface area contributed by atoms with Gasteiger partial charge in [0.1, 0.15) is 5.75 Å². The Kier molecular flexibility index (Phi) is 3.56. The van der Waals surface area contributed by atoms with Crippen molar-refractivity contribution in [2.24, 2.45) is 5.73 Å². The summed E-state index contributed by atoms with van der Waals surface area (Å²) in [6.45, 7) is 0.452. The van der Waals surface area contributed by atoms with Crippen molar-refractivity contribution >= 4 is 11.6 Å². The van der Waals surface area contributed by atoms with E-state index in [1.54, 1.807) is 12.1 Å². The van der Waals surface area contributed by atoms with Gasteiger partial charge in [0.2, 0.25) is 0 Å². The summed E-state index contributed by atoms with van der Waals surface area (Å²) in [5, 5.41) is 0.230. The van der Waals surface area contributed by atoms with Gasteiger partial charge in [-0.2, -0.15) is 0 Å². The van der Waals surface area contributed by atoms with Crippen LogP contribution in [0.4, 0.5) is 4.39 Å². The molecule has 17 heavy (non-hydrogen) atoms. The maximum Gasteiger partial charge on any atom is 0.255 e. The maximum absolute atomic E-state index is 13.4. The molecule has 0 spiro atoms. The summed E-state index contributed by atoms with van der Waals surface area (Å²) in [5.74, 6) is -0.203. The van der Waals surface area contributed by atoms with Gasteiger partial charge in [0.25, 0.3) is 5.88 Å². The molecule has 0 saturated carbocycles. The third-order valence-electron chi connectivity index (χ3n) is 2.15. The molecule has 0 bridgehead atoms. The van der Waals surface area contributed by atoms with Gasteiger partial charge in [-0.05, 0) is 23.8 Å². The first-order chi connectivity index (χ1) is 8.19. The number of hydrogen-bond donors (Lipinski definition) is 1. The fourth-order valence-corrected chi connectivity index (χ4v) is 1.43. The Morgan fingerprint density at radius 3 is 2.59 bits per heavy atom. The van der Waals surface area contributed by atoms with Crippen LogP contribution in [0.3, 0.4) is 0 Å². The predicted octanol–water partition coefficient (Wildman–Crippen LogP) is 3.13. The van der Waals surface area contributed by atoms with Crippen LogP contribution in [0.1, 0.15) is 5.56 Å². The van der Waals surface area contributed by atoms with E-state index in [4.69, 9.17) is 22.1 Å². The summed E-state index contributed by atoms with van der Waals surface area (Å²) < 4.78 is 18.7. The molecule has 0 saturated heterocycles. The number of ether oxygens (including phenoxy) is 1. The summed E-state index contributed by atoms with van der Waals surface area (Å²) in [6, 6.07) is 8.18. The molecule has 1 aromatic heterocycles. The zero-order valence-electron chi connectivity index (χ0n) is 8.86. The fourth-order valence-electron chi connectivity index (χ4n) is 1.28. The van der Waals surface area contributed by atoms with Crippen LogP contribution < -0.4 is 10.5 Å². The third kappa shape index (κ3) is 2.93. The minimum absolute atomic E-state index is 0.102. The molecule has 0 radical (unpaired) electrons. The Hall–Kier alpha value is -1.65. The van der Waals surface area contributed by atoms with Gasteiger partial charge in [-0.3, -0.25) is 0 Å². The number of pyridine rings is 1. The van der Waals surface area contributed by atoms with E-state index in [-0.39, 0.29) is 10.9 Å². The maximum atomic E-state index is 13.4. The highest BCUT2D eigenvalue weighted by atomic mass is 35.5. The van der Waals surface area contributed by atoms with Gasteiger partial charge >= 0.3 is 0 Å². The molecule has 0 fully saturated rings. The number of hydrogen-bond acceptors (Lipinski definition) is 3. The first kappa shape index (κ1) is 11.8. The molecular weight excluding hydrogens is 243 g/mol. The summed E-state index contributed by atoms with van der Waals surface area (Å²) in [6.07, 6.45) is 1.33. The molecule has 2 aromatic rings. The Morgan fingerprint density at radius 1 is 1.29 bits per heavy atom. The van der Waals surface area contributed by atoms with E-state index >= 15 is 0 Å². The second-order valence-corrected chi connectivity index (χ2v) is 3.83. The number of nitrogens with two attached hydrogens (primary N) is 1. The van der Waals surface area contributed by atoms with Crippen molar-refractivity contribution in [2.45, 2.75) is 6.54 Å².